The lowest BCUT2D eigenvalue weighted by Crippen LogP contribution is -2.48. The van der Waals surface area contributed by atoms with Crippen LogP contribution in [0.2, 0.25) is 0 Å². The summed E-state index contributed by atoms with van der Waals surface area (Å²) in [5, 5.41) is 4.33. The van der Waals surface area contributed by atoms with E-state index >= 15 is 0 Å². The van der Waals surface area contributed by atoms with Crippen molar-refractivity contribution < 1.29 is 9.53 Å². The number of ether oxygens (including phenoxy) is 1. The molecule has 0 aliphatic heterocycles. The van der Waals surface area contributed by atoms with Crippen LogP contribution in [0.3, 0.4) is 0 Å². The Morgan fingerprint density at radius 1 is 1.06 bits per heavy atom. The Morgan fingerprint density at radius 3 is 2.60 bits per heavy atom. The number of H-pyrrole nitrogens is 1. The number of methoxy groups -OCH3 is 1. The second kappa shape index (κ2) is 7.47. The first-order valence-corrected chi connectivity index (χ1v) is 12.6. The van der Waals surface area contributed by atoms with Gasteiger partial charge in [-0.25, -0.2) is 14.5 Å². The molecule has 1 N–H and O–H groups in total. The number of aromatic nitrogens is 6. The summed E-state index contributed by atoms with van der Waals surface area (Å²) >= 11 is 0. The summed E-state index contributed by atoms with van der Waals surface area (Å²) in [6.45, 7) is 0. The van der Waals surface area contributed by atoms with Crippen LogP contribution in [0.5, 0.6) is 0 Å². The van der Waals surface area contributed by atoms with E-state index in [4.69, 9.17) is 14.7 Å². The summed E-state index contributed by atoms with van der Waals surface area (Å²) in [6, 6.07) is 10.3. The van der Waals surface area contributed by atoms with Crippen molar-refractivity contribution in [3.8, 4) is 22.6 Å². The summed E-state index contributed by atoms with van der Waals surface area (Å²) < 4.78 is 6.95. The molecule has 0 atom stereocenters. The van der Waals surface area contributed by atoms with E-state index in [1.807, 2.05) is 12.3 Å². The lowest BCUT2D eigenvalue weighted by atomic mass is 9.53. The molecule has 4 saturated carbocycles. The maximum atomic E-state index is 12.5. The number of rotatable bonds is 5. The van der Waals surface area contributed by atoms with Gasteiger partial charge in [-0.2, -0.15) is 5.10 Å². The van der Waals surface area contributed by atoms with Crippen LogP contribution >= 0.6 is 0 Å². The number of nitrogens with zero attached hydrogens (tertiary/aromatic N) is 5. The Morgan fingerprint density at radius 2 is 1.86 bits per heavy atom. The Labute approximate surface area is 203 Å². The number of imidazole rings is 1. The predicted molar refractivity (Wildman–Crippen MR) is 130 cm³/mol. The quantitative estimate of drug-likeness (QED) is 0.422. The van der Waals surface area contributed by atoms with Crippen LogP contribution in [0.1, 0.15) is 68.8 Å². The molecule has 8 rings (SSSR count). The number of aromatic amines is 1. The van der Waals surface area contributed by atoms with Crippen LogP contribution in [0.4, 0.5) is 0 Å². The molecule has 2 bridgehead atoms. The molecular formula is C27H28N6O2. The Kier molecular flexibility index (Phi) is 4.44. The molecule has 4 aromatic heterocycles. The Bertz CT molecular complexity index is 1420. The van der Waals surface area contributed by atoms with Gasteiger partial charge in [-0.15, -0.1) is 0 Å². The van der Waals surface area contributed by atoms with E-state index in [1.54, 1.807) is 10.8 Å². The van der Waals surface area contributed by atoms with Gasteiger partial charge in [0.1, 0.15) is 12.2 Å². The minimum Gasteiger partial charge on any atom is -0.469 e. The second-order valence-electron chi connectivity index (χ2n) is 10.6. The van der Waals surface area contributed by atoms with Gasteiger partial charge < -0.3 is 9.72 Å². The Balaban J connectivity index is 1.33. The summed E-state index contributed by atoms with van der Waals surface area (Å²) in [5.74, 6) is 1.54. The zero-order valence-electron chi connectivity index (χ0n) is 19.8. The van der Waals surface area contributed by atoms with Crippen molar-refractivity contribution >= 4 is 11.6 Å². The van der Waals surface area contributed by atoms with Gasteiger partial charge in [-0.05, 0) is 75.6 Å². The molecule has 4 aromatic rings. The zero-order chi connectivity index (χ0) is 23.6. The lowest BCUT2D eigenvalue weighted by molar-refractivity contribution is -0.160. The van der Waals surface area contributed by atoms with Crippen LogP contribution < -0.4 is 0 Å². The van der Waals surface area contributed by atoms with Gasteiger partial charge in [-0.3, -0.25) is 9.78 Å². The third-order valence-corrected chi connectivity index (χ3v) is 8.64. The molecule has 4 heterocycles. The number of pyridine rings is 2. The maximum Gasteiger partial charge on any atom is 0.311 e. The van der Waals surface area contributed by atoms with Gasteiger partial charge in [-0.1, -0.05) is 6.07 Å². The van der Waals surface area contributed by atoms with Crippen molar-refractivity contribution in [1.82, 2.24) is 29.5 Å². The molecule has 0 aromatic carbocycles. The molecular weight excluding hydrogens is 440 g/mol. The van der Waals surface area contributed by atoms with Crippen LogP contribution in [-0.4, -0.2) is 42.6 Å². The van der Waals surface area contributed by atoms with Crippen molar-refractivity contribution in [3.63, 3.8) is 0 Å². The molecule has 0 amide bonds. The van der Waals surface area contributed by atoms with Crippen LogP contribution in [0.15, 0.2) is 42.9 Å². The topological polar surface area (TPSA) is 98.1 Å². The number of carbonyl (C=O) groups is 1. The highest BCUT2D eigenvalue weighted by Crippen LogP contribution is 2.58. The van der Waals surface area contributed by atoms with E-state index in [2.05, 4.69) is 39.3 Å². The van der Waals surface area contributed by atoms with Crippen molar-refractivity contribution in [2.24, 2.45) is 5.41 Å². The summed E-state index contributed by atoms with van der Waals surface area (Å²) in [4.78, 5) is 30.8. The standard InChI is InChI=1S/C27H28N6O2/c1-35-25(34)27-12-9-26(10-13-27,11-14-27)24-31-22(18-7-8-21-28-16-29-33(21)15-18)23(32-24)20-4-2-3-19(30-20)17-5-6-17/h2-4,7-8,15-17H,5-6,9-14H2,1H3,(H,31,32). The van der Waals surface area contributed by atoms with Gasteiger partial charge >= 0.3 is 5.97 Å². The lowest BCUT2D eigenvalue weighted by Gasteiger charge is -2.50. The number of hydrogen-bond donors (Lipinski definition) is 1. The van der Waals surface area contributed by atoms with Gasteiger partial charge in [0.25, 0.3) is 0 Å². The molecule has 178 valence electrons. The van der Waals surface area contributed by atoms with Crippen LogP contribution in [-0.2, 0) is 14.9 Å². The number of hydrogen-bond acceptors (Lipinski definition) is 6. The molecule has 4 aliphatic rings. The minimum absolute atomic E-state index is 0.0474. The molecule has 35 heavy (non-hydrogen) atoms. The zero-order valence-corrected chi connectivity index (χ0v) is 19.8. The van der Waals surface area contributed by atoms with Gasteiger partial charge in [0, 0.05) is 28.8 Å². The highest BCUT2D eigenvalue weighted by atomic mass is 16.5. The van der Waals surface area contributed by atoms with Crippen molar-refractivity contribution in [1.29, 1.82) is 0 Å². The first kappa shape index (κ1) is 20.8. The van der Waals surface area contributed by atoms with E-state index in [1.165, 1.54) is 20.0 Å². The van der Waals surface area contributed by atoms with Gasteiger partial charge in [0.15, 0.2) is 5.65 Å². The average Bonchev–Trinajstić information content (AvgIpc) is 3.49. The molecule has 8 nitrogen and oxygen atoms in total. The Hall–Kier alpha value is -3.55. The van der Waals surface area contributed by atoms with E-state index in [9.17, 15) is 4.79 Å². The van der Waals surface area contributed by atoms with Crippen LogP contribution in [0, 0.1) is 5.41 Å². The SMILES string of the molecule is COC(=O)C12CCC(c3nc(-c4ccc5ncnn5c4)c(-c4cccc(C5CC5)n4)[nH]3)(CC1)CC2. The molecule has 4 aliphatic carbocycles. The molecule has 0 spiro atoms. The van der Waals surface area contributed by atoms with Crippen molar-refractivity contribution in [3.05, 3.63) is 54.4 Å². The normalized spacial score (nSPS) is 25.7. The summed E-state index contributed by atoms with van der Waals surface area (Å²) in [6.07, 6.45) is 11.3. The first-order valence-electron chi connectivity index (χ1n) is 12.6. The first-order chi connectivity index (χ1) is 17.1. The maximum absolute atomic E-state index is 12.5. The summed E-state index contributed by atoms with van der Waals surface area (Å²) in [5.41, 5.74) is 5.35. The molecule has 0 unspecified atom stereocenters. The van der Waals surface area contributed by atoms with Gasteiger partial charge in [0.05, 0.1) is 29.6 Å². The third-order valence-electron chi connectivity index (χ3n) is 8.64. The van der Waals surface area contributed by atoms with Crippen molar-refractivity contribution in [2.75, 3.05) is 7.11 Å². The van der Waals surface area contributed by atoms with E-state index in [0.29, 0.717) is 5.92 Å². The molecule has 0 radical (unpaired) electrons. The highest BCUT2D eigenvalue weighted by molar-refractivity contribution is 5.78. The van der Waals surface area contributed by atoms with E-state index in [0.717, 1.165) is 78.3 Å². The fourth-order valence-corrected chi connectivity index (χ4v) is 6.24. The van der Waals surface area contributed by atoms with E-state index in [-0.39, 0.29) is 16.8 Å². The van der Waals surface area contributed by atoms with Crippen LogP contribution in [0.25, 0.3) is 28.3 Å². The smallest absolute Gasteiger partial charge is 0.311 e. The third kappa shape index (κ3) is 3.22. The number of carbonyl (C=O) groups excluding carboxylic acids is 1. The monoisotopic (exact) mass is 468 g/mol. The summed E-state index contributed by atoms with van der Waals surface area (Å²) in [7, 11) is 1.51. The average molecular weight is 469 g/mol. The fourth-order valence-electron chi connectivity index (χ4n) is 6.24. The largest absolute Gasteiger partial charge is 0.469 e. The molecule has 0 saturated heterocycles. The minimum atomic E-state index is -0.312. The molecule has 4 fully saturated rings. The van der Waals surface area contributed by atoms with Gasteiger partial charge in [0.2, 0.25) is 0 Å². The molecule has 8 heteroatoms. The highest BCUT2D eigenvalue weighted by Gasteiger charge is 2.55. The number of nitrogens with one attached hydrogen (secondary N) is 1. The number of esters is 1. The number of fused-ring (bicyclic) bond motifs is 4. The fraction of sp³-hybridized carbons (Fsp3) is 0.444. The van der Waals surface area contributed by atoms with Crippen molar-refractivity contribution in [2.45, 2.75) is 62.7 Å². The predicted octanol–water partition coefficient (Wildman–Crippen LogP) is 4.82. The van der Waals surface area contributed by atoms with E-state index < -0.39 is 0 Å². The second-order valence-corrected chi connectivity index (χ2v) is 10.6.